The van der Waals surface area contributed by atoms with Crippen molar-refractivity contribution >= 4 is 54.3 Å². The van der Waals surface area contributed by atoms with E-state index in [0.717, 1.165) is 25.7 Å². The summed E-state index contributed by atoms with van der Waals surface area (Å²) in [4.78, 5) is 8.61. The average Bonchev–Trinajstić information content (AvgIpc) is 2.43. The molecule has 3 nitrogen and oxygen atoms in total. The van der Waals surface area contributed by atoms with Gasteiger partial charge in [0.1, 0.15) is 11.3 Å². The largest absolute Gasteiger partial charge is 0.353 e. The molecule has 0 unspecified atom stereocenters. The van der Waals surface area contributed by atoms with Crippen LogP contribution in [-0.4, -0.2) is 9.97 Å². The molecule has 3 aromatic rings. The number of aromatic nitrogens is 2. The third-order valence-electron chi connectivity index (χ3n) is 2.74. The maximum absolute atomic E-state index is 13.3. The lowest BCUT2D eigenvalue weighted by atomic mass is 10.2. The van der Waals surface area contributed by atoms with Crippen molar-refractivity contribution in [1.82, 2.24) is 9.97 Å². The van der Waals surface area contributed by atoms with Crippen molar-refractivity contribution < 1.29 is 4.39 Å². The summed E-state index contributed by atoms with van der Waals surface area (Å²) in [5.41, 5.74) is 2.90. The van der Waals surface area contributed by atoms with Gasteiger partial charge in [-0.25, -0.2) is 4.39 Å². The summed E-state index contributed by atoms with van der Waals surface area (Å²) in [6.45, 7) is 0. The van der Waals surface area contributed by atoms with Gasteiger partial charge in [-0.15, -0.1) is 0 Å². The quantitative estimate of drug-likeness (QED) is 0.659. The summed E-state index contributed by atoms with van der Waals surface area (Å²) >= 11 is 6.76. The highest BCUT2D eigenvalue weighted by molar-refractivity contribution is 9.10. The molecule has 20 heavy (non-hydrogen) atoms. The van der Waals surface area contributed by atoms with Gasteiger partial charge in [0.05, 0.1) is 16.9 Å². The standard InChI is InChI=1S/C14H8Br2FN3/c15-8-5-13-14(19-7-8)11(3-4-18-13)20-12-6-9(17)1-2-10(12)16/h1-7H,(H,18,20). The molecule has 100 valence electrons. The Kier molecular flexibility index (Phi) is 3.67. The van der Waals surface area contributed by atoms with E-state index in [4.69, 9.17) is 0 Å². The van der Waals surface area contributed by atoms with E-state index in [9.17, 15) is 4.39 Å². The minimum atomic E-state index is -0.301. The van der Waals surface area contributed by atoms with Crippen molar-refractivity contribution in [3.05, 3.63) is 57.5 Å². The van der Waals surface area contributed by atoms with Crippen LogP contribution in [0.2, 0.25) is 0 Å². The SMILES string of the molecule is Fc1ccc(Br)c(Nc2ccnc3cc(Br)cnc23)c1. The van der Waals surface area contributed by atoms with Gasteiger partial charge in [0, 0.05) is 21.3 Å². The number of nitrogens with one attached hydrogen (secondary N) is 1. The molecule has 0 atom stereocenters. The molecule has 0 saturated heterocycles. The van der Waals surface area contributed by atoms with Gasteiger partial charge in [-0.1, -0.05) is 0 Å². The number of halogens is 3. The highest BCUT2D eigenvalue weighted by Gasteiger charge is 2.07. The van der Waals surface area contributed by atoms with Crippen molar-refractivity contribution in [3.8, 4) is 0 Å². The first-order chi connectivity index (χ1) is 9.63. The third-order valence-corrected chi connectivity index (χ3v) is 3.87. The smallest absolute Gasteiger partial charge is 0.125 e. The van der Waals surface area contributed by atoms with Gasteiger partial charge in [-0.3, -0.25) is 9.97 Å². The highest BCUT2D eigenvalue weighted by atomic mass is 79.9. The molecule has 1 aromatic carbocycles. The van der Waals surface area contributed by atoms with Crippen molar-refractivity contribution in [1.29, 1.82) is 0 Å². The minimum Gasteiger partial charge on any atom is -0.353 e. The van der Waals surface area contributed by atoms with E-state index in [1.54, 1.807) is 24.5 Å². The Morgan fingerprint density at radius 2 is 1.85 bits per heavy atom. The molecule has 6 heteroatoms. The lowest BCUT2D eigenvalue weighted by Crippen LogP contribution is -1.95. The van der Waals surface area contributed by atoms with E-state index in [1.165, 1.54) is 12.1 Å². The zero-order valence-electron chi connectivity index (χ0n) is 10.1. The number of benzene rings is 1. The normalized spacial score (nSPS) is 10.8. The molecule has 1 N–H and O–H groups in total. The first kappa shape index (κ1) is 13.5. The number of nitrogens with zero attached hydrogens (tertiary/aromatic N) is 2. The number of hydrogen-bond acceptors (Lipinski definition) is 3. The molecule has 0 amide bonds. The fourth-order valence-corrected chi connectivity index (χ4v) is 2.51. The maximum atomic E-state index is 13.3. The highest BCUT2D eigenvalue weighted by Crippen LogP contribution is 2.29. The number of hydrogen-bond donors (Lipinski definition) is 1. The zero-order valence-corrected chi connectivity index (χ0v) is 13.2. The van der Waals surface area contributed by atoms with E-state index in [2.05, 4.69) is 47.1 Å². The second-order valence-electron chi connectivity index (χ2n) is 4.13. The van der Waals surface area contributed by atoms with Crippen LogP contribution in [-0.2, 0) is 0 Å². The Labute approximate surface area is 131 Å². The Morgan fingerprint density at radius 3 is 2.70 bits per heavy atom. The van der Waals surface area contributed by atoms with Crippen LogP contribution in [0.3, 0.4) is 0 Å². The van der Waals surface area contributed by atoms with Crippen molar-refractivity contribution in [3.63, 3.8) is 0 Å². The minimum absolute atomic E-state index is 0.301. The summed E-state index contributed by atoms with van der Waals surface area (Å²) in [5, 5.41) is 3.17. The number of rotatable bonds is 2. The molecular formula is C14H8Br2FN3. The molecule has 0 saturated carbocycles. The molecule has 0 bridgehead atoms. The summed E-state index contributed by atoms with van der Waals surface area (Å²) < 4.78 is 15.0. The molecule has 0 radical (unpaired) electrons. The lowest BCUT2D eigenvalue weighted by Gasteiger charge is -2.10. The first-order valence-electron chi connectivity index (χ1n) is 5.76. The monoisotopic (exact) mass is 395 g/mol. The van der Waals surface area contributed by atoms with Gasteiger partial charge in [0.25, 0.3) is 0 Å². The van der Waals surface area contributed by atoms with Crippen LogP contribution in [0.5, 0.6) is 0 Å². The summed E-state index contributed by atoms with van der Waals surface area (Å²) in [5.74, 6) is -0.301. The van der Waals surface area contributed by atoms with E-state index < -0.39 is 0 Å². The zero-order chi connectivity index (χ0) is 14.1. The molecule has 0 fully saturated rings. The Morgan fingerprint density at radius 1 is 1.00 bits per heavy atom. The average molecular weight is 397 g/mol. The summed E-state index contributed by atoms with van der Waals surface area (Å²) in [7, 11) is 0. The molecule has 0 aliphatic heterocycles. The van der Waals surface area contributed by atoms with Gasteiger partial charge < -0.3 is 5.32 Å². The Balaban J connectivity index is 2.09. The first-order valence-corrected chi connectivity index (χ1v) is 7.34. The van der Waals surface area contributed by atoms with Crippen LogP contribution in [0.25, 0.3) is 11.0 Å². The van der Waals surface area contributed by atoms with Crippen LogP contribution in [0.4, 0.5) is 15.8 Å². The topological polar surface area (TPSA) is 37.8 Å². The number of pyridine rings is 2. The van der Waals surface area contributed by atoms with Gasteiger partial charge >= 0.3 is 0 Å². The van der Waals surface area contributed by atoms with Crippen molar-refractivity contribution in [2.24, 2.45) is 0 Å². The summed E-state index contributed by atoms with van der Waals surface area (Å²) in [6, 6.07) is 8.17. The van der Waals surface area contributed by atoms with Crippen molar-refractivity contribution in [2.75, 3.05) is 5.32 Å². The fourth-order valence-electron chi connectivity index (χ4n) is 1.84. The second-order valence-corrected chi connectivity index (χ2v) is 5.90. The predicted molar refractivity (Wildman–Crippen MR) is 84.6 cm³/mol. The molecule has 2 heterocycles. The van der Waals surface area contributed by atoms with Crippen LogP contribution >= 0.6 is 31.9 Å². The third kappa shape index (κ3) is 2.66. The van der Waals surface area contributed by atoms with E-state index in [-0.39, 0.29) is 5.82 Å². The molecule has 2 aromatic heterocycles. The van der Waals surface area contributed by atoms with Gasteiger partial charge in [-0.2, -0.15) is 0 Å². The molecule has 0 aliphatic carbocycles. The Hall–Kier alpha value is -1.53. The van der Waals surface area contributed by atoms with E-state index in [1.807, 2.05) is 6.07 Å². The molecular weight excluding hydrogens is 389 g/mol. The lowest BCUT2D eigenvalue weighted by molar-refractivity contribution is 0.628. The maximum Gasteiger partial charge on any atom is 0.125 e. The number of fused-ring (bicyclic) bond motifs is 1. The summed E-state index contributed by atoms with van der Waals surface area (Å²) in [6.07, 6.45) is 3.39. The molecule has 3 rings (SSSR count). The van der Waals surface area contributed by atoms with Gasteiger partial charge in [-0.05, 0) is 62.2 Å². The van der Waals surface area contributed by atoms with Crippen LogP contribution in [0.1, 0.15) is 0 Å². The number of anilines is 2. The Bertz CT molecular complexity index is 792. The second kappa shape index (κ2) is 5.46. The fraction of sp³-hybridized carbons (Fsp3) is 0. The van der Waals surface area contributed by atoms with Crippen LogP contribution in [0.15, 0.2) is 51.7 Å². The van der Waals surface area contributed by atoms with E-state index >= 15 is 0 Å². The van der Waals surface area contributed by atoms with E-state index in [0.29, 0.717) is 5.69 Å². The van der Waals surface area contributed by atoms with Crippen LogP contribution < -0.4 is 5.32 Å². The predicted octanol–water partition coefficient (Wildman–Crippen LogP) is 5.04. The molecule has 0 aliphatic rings. The van der Waals surface area contributed by atoms with Gasteiger partial charge in [0.2, 0.25) is 0 Å². The van der Waals surface area contributed by atoms with Gasteiger partial charge in [0.15, 0.2) is 0 Å². The van der Waals surface area contributed by atoms with Crippen LogP contribution in [0, 0.1) is 5.82 Å². The molecule has 0 spiro atoms. The van der Waals surface area contributed by atoms with Crippen molar-refractivity contribution in [2.45, 2.75) is 0 Å².